The fourth-order valence-electron chi connectivity index (χ4n) is 3.49. The largest absolute Gasteiger partial charge is 0.418 e. The lowest BCUT2D eigenvalue weighted by Gasteiger charge is -2.46. The third-order valence-corrected chi connectivity index (χ3v) is 4.88. The number of likely N-dealkylation sites (N-methyl/N-ethyl adjacent to an activating group) is 1. The van der Waals surface area contributed by atoms with Crippen molar-refractivity contribution in [1.82, 2.24) is 9.80 Å². The van der Waals surface area contributed by atoms with Gasteiger partial charge in [-0.3, -0.25) is 0 Å². The molecule has 0 saturated carbocycles. The monoisotopic (exact) mass is 357 g/mol. The van der Waals surface area contributed by atoms with Gasteiger partial charge in [-0.05, 0) is 32.0 Å². The van der Waals surface area contributed by atoms with Crippen LogP contribution in [0, 0.1) is 0 Å². The van der Waals surface area contributed by atoms with Crippen molar-refractivity contribution in [2.75, 3.05) is 45.2 Å². The van der Waals surface area contributed by atoms with Crippen LogP contribution >= 0.6 is 0 Å². The lowest BCUT2D eigenvalue weighted by atomic mass is 9.89. The van der Waals surface area contributed by atoms with Crippen LogP contribution in [0.25, 0.3) is 0 Å². The number of urea groups is 1. The Balaban J connectivity index is 1.62. The number of ether oxygens (including phenoxy) is 1. The van der Waals surface area contributed by atoms with Gasteiger partial charge in [0.05, 0.1) is 23.5 Å². The first kappa shape index (κ1) is 18.0. The maximum atomic E-state index is 13.0. The molecule has 1 aromatic rings. The summed E-state index contributed by atoms with van der Waals surface area (Å²) in [6.45, 7) is 3.31. The zero-order valence-electron chi connectivity index (χ0n) is 14.1. The van der Waals surface area contributed by atoms with Crippen LogP contribution in [0.3, 0.4) is 0 Å². The molecule has 0 aromatic heterocycles. The van der Waals surface area contributed by atoms with Crippen molar-refractivity contribution in [3.63, 3.8) is 0 Å². The van der Waals surface area contributed by atoms with E-state index in [0.29, 0.717) is 32.5 Å². The summed E-state index contributed by atoms with van der Waals surface area (Å²) in [7, 11) is 2.04. The summed E-state index contributed by atoms with van der Waals surface area (Å²) in [6.07, 6.45) is -3.13. The predicted octanol–water partition coefficient (Wildman–Crippen LogP) is 3.03. The molecule has 2 amide bonds. The third kappa shape index (κ3) is 4.07. The van der Waals surface area contributed by atoms with Gasteiger partial charge in [-0.2, -0.15) is 13.2 Å². The molecule has 0 bridgehead atoms. The van der Waals surface area contributed by atoms with Crippen molar-refractivity contribution in [3.05, 3.63) is 29.8 Å². The highest BCUT2D eigenvalue weighted by Crippen LogP contribution is 2.35. The number of hydrogen-bond donors (Lipinski definition) is 1. The Morgan fingerprint density at radius 2 is 1.88 bits per heavy atom. The van der Waals surface area contributed by atoms with Gasteiger partial charge in [-0.15, -0.1) is 0 Å². The van der Waals surface area contributed by atoms with Gasteiger partial charge >= 0.3 is 12.2 Å². The molecule has 0 unspecified atom stereocenters. The summed E-state index contributed by atoms with van der Waals surface area (Å²) >= 11 is 0. The lowest BCUT2D eigenvalue weighted by molar-refractivity contribution is -0.136. The molecule has 1 aromatic carbocycles. The Morgan fingerprint density at radius 1 is 1.20 bits per heavy atom. The summed E-state index contributed by atoms with van der Waals surface area (Å²) in [5.74, 6) is 0. The van der Waals surface area contributed by atoms with Crippen LogP contribution in [-0.2, 0) is 10.9 Å². The molecule has 0 aliphatic carbocycles. The molecule has 1 N–H and O–H groups in total. The molecule has 2 heterocycles. The number of carbonyl (C=O) groups is 1. The zero-order valence-corrected chi connectivity index (χ0v) is 14.1. The molecule has 0 radical (unpaired) electrons. The minimum atomic E-state index is -4.50. The van der Waals surface area contributed by atoms with Gasteiger partial charge in [0.15, 0.2) is 0 Å². The smallest absolute Gasteiger partial charge is 0.372 e. The van der Waals surface area contributed by atoms with Crippen LogP contribution < -0.4 is 5.32 Å². The molecule has 25 heavy (non-hydrogen) atoms. The maximum Gasteiger partial charge on any atom is 0.418 e. The number of morpholine rings is 1. The van der Waals surface area contributed by atoms with E-state index in [1.807, 2.05) is 7.05 Å². The number of para-hydroxylation sites is 1. The van der Waals surface area contributed by atoms with E-state index >= 15 is 0 Å². The Labute approximate surface area is 144 Å². The Hall–Kier alpha value is -1.80. The fourth-order valence-corrected chi connectivity index (χ4v) is 3.49. The maximum absolute atomic E-state index is 13.0. The van der Waals surface area contributed by atoms with Crippen molar-refractivity contribution in [2.45, 2.75) is 24.6 Å². The molecule has 5 nitrogen and oxygen atoms in total. The van der Waals surface area contributed by atoms with Gasteiger partial charge in [-0.25, -0.2) is 4.79 Å². The summed E-state index contributed by atoms with van der Waals surface area (Å²) in [5.41, 5.74) is -1.30. The number of halogens is 3. The fraction of sp³-hybridized carbons (Fsp3) is 0.588. The van der Waals surface area contributed by atoms with E-state index in [2.05, 4.69) is 10.2 Å². The number of hydrogen-bond acceptors (Lipinski definition) is 3. The van der Waals surface area contributed by atoms with Crippen LogP contribution in [0.1, 0.15) is 18.4 Å². The average Bonchev–Trinajstić information content (AvgIpc) is 2.55. The summed E-state index contributed by atoms with van der Waals surface area (Å²) in [4.78, 5) is 16.1. The second-order valence-electron chi connectivity index (χ2n) is 6.73. The molecule has 3 rings (SSSR count). The summed E-state index contributed by atoms with van der Waals surface area (Å²) in [5, 5.41) is 2.40. The van der Waals surface area contributed by atoms with Crippen LogP contribution in [0.2, 0.25) is 0 Å². The second kappa shape index (κ2) is 6.84. The predicted molar refractivity (Wildman–Crippen MR) is 87.4 cm³/mol. The normalized spacial score (nSPS) is 21.4. The third-order valence-electron chi connectivity index (χ3n) is 4.88. The van der Waals surface area contributed by atoms with Crippen molar-refractivity contribution in [2.24, 2.45) is 0 Å². The molecular weight excluding hydrogens is 335 g/mol. The van der Waals surface area contributed by atoms with Crippen LogP contribution in [0.4, 0.5) is 23.7 Å². The van der Waals surface area contributed by atoms with E-state index in [1.165, 1.54) is 18.2 Å². The van der Waals surface area contributed by atoms with Crippen LogP contribution in [-0.4, -0.2) is 61.3 Å². The quantitative estimate of drug-likeness (QED) is 0.840. The second-order valence-corrected chi connectivity index (χ2v) is 6.73. The molecule has 1 spiro atoms. The van der Waals surface area contributed by atoms with Crippen molar-refractivity contribution < 1.29 is 22.7 Å². The molecule has 2 aliphatic heterocycles. The Bertz CT molecular complexity index is 628. The summed E-state index contributed by atoms with van der Waals surface area (Å²) < 4.78 is 45.0. The molecule has 2 fully saturated rings. The van der Waals surface area contributed by atoms with Crippen molar-refractivity contribution >= 4 is 11.7 Å². The number of nitrogens with one attached hydrogen (secondary N) is 1. The van der Waals surface area contributed by atoms with Gasteiger partial charge < -0.3 is 19.9 Å². The number of nitrogens with zero attached hydrogens (tertiary/aromatic N) is 2. The Kier molecular flexibility index (Phi) is 4.92. The highest BCUT2D eigenvalue weighted by molar-refractivity contribution is 5.90. The molecule has 0 atom stereocenters. The number of rotatable bonds is 1. The van der Waals surface area contributed by atoms with Gasteiger partial charge in [-0.1, -0.05) is 12.1 Å². The first-order valence-corrected chi connectivity index (χ1v) is 8.34. The first-order chi connectivity index (χ1) is 11.8. The standard InChI is InChI=1S/C17H22F3N3O2/c1-22-10-11-25-16(12-22)6-8-23(9-7-16)15(24)21-14-5-3-2-4-13(14)17(18,19)20/h2-5H,6-12H2,1H3,(H,21,24). The first-order valence-electron chi connectivity index (χ1n) is 8.34. The minimum absolute atomic E-state index is 0.214. The van der Waals surface area contributed by atoms with E-state index in [-0.39, 0.29) is 11.3 Å². The number of carbonyl (C=O) groups excluding carboxylic acids is 1. The van der Waals surface area contributed by atoms with E-state index in [9.17, 15) is 18.0 Å². The molecule has 2 saturated heterocycles. The summed E-state index contributed by atoms with van der Waals surface area (Å²) in [6, 6.07) is 4.51. The average molecular weight is 357 g/mol. The lowest BCUT2D eigenvalue weighted by Crippen LogP contribution is -2.57. The topological polar surface area (TPSA) is 44.8 Å². The van der Waals surface area contributed by atoms with Crippen molar-refractivity contribution in [3.8, 4) is 0 Å². The number of amides is 2. The number of benzene rings is 1. The van der Waals surface area contributed by atoms with Crippen LogP contribution in [0.5, 0.6) is 0 Å². The van der Waals surface area contributed by atoms with Crippen LogP contribution in [0.15, 0.2) is 24.3 Å². The number of likely N-dealkylation sites (tertiary alicyclic amines) is 1. The number of alkyl halides is 3. The van der Waals surface area contributed by atoms with E-state index in [1.54, 1.807) is 4.90 Å². The van der Waals surface area contributed by atoms with E-state index in [4.69, 9.17) is 4.74 Å². The van der Waals surface area contributed by atoms with Gasteiger partial charge in [0.2, 0.25) is 0 Å². The highest BCUT2D eigenvalue weighted by atomic mass is 19.4. The molecule has 138 valence electrons. The number of piperidine rings is 1. The SMILES string of the molecule is CN1CCOC2(CCN(C(=O)Nc3ccccc3C(F)(F)F)CC2)C1. The Morgan fingerprint density at radius 3 is 2.52 bits per heavy atom. The van der Waals surface area contributed by atoms with E-state index < -0.39 is 17.8 Å². The van der Waals surface area contributed by atoms with Gasteiger partial charge in [0.1, 0.15) is 0 Å². The molecule has 2 aliphatic rings. The highest BCUT2D eigenvalue weighted by Gasteiger charge is 2.40. The van der Waals surface area contributed by atoms with E-state index in [0.717, 1.165) is 19.2 Å². The molecule has 8 heteroatoms. The minimum Gasteiger partial charge on any atom is -0.372 e. The van der Waals surface area contributed by atoms with Gasteiger partial charge in [0.25, 0.3) is 0 Å². The van der Waals surface area contributed by atoms with Crippen molar-refractivity contribution in [1.29, 1.82) is 0 Å². The zero-order chi connectivity index (χ0) is 18.1. The number of anilines is 1. The van der Waals surface area contributed by atoms with Gasteiger partial charge in [0, 0.05) is 26.2 Å². The molecular formula is C17H22F3N3O2.